The summed E-state index contributed by atoms with van der Waals surface area (Å²) >= 11 is 0. The van der Waals surface area contributed by atoms with E-state index in [1.54, 1.807) is 21.1 Å². The monoisotopic (exact) mass is 556 g/mol. The largest absolute Gasteiger partial charge is 0.497 e. The van der Waals surface area contributed by atoms with Crippen molar-refractivity contribution in [3.8, 4) is 5.75 Å². The Morgan fingerprint density at radius 1 is 1.10 bits per heavy atom. The number of aliphatic imine (C=N–C) groups is 1. The molecule has 0 spiro atoms. The molecule has 174 valence electrons. The summed E-state index contributed by atoms with van der Waals surface area (Å²) in [7, 11) is 0.120. The van der Waals surface area contributed by atoms with Crippen LogP contribution in [0, 0.1) is 0 Å². The molecule has 1 aromatic carbocycles. The third-order valence-corrected chi connectivity index (χ3v) is 6.18. The van der Waals surface area contributed by atoms with Crippen LogP contribution in [0.2, 0.25) is 0 Å². The second kappa shape index (κ2) is 16.6. The van der Waals surface area contributed by atoms with E-state index in [2.05, 4.69) is 15.6 Å². The van der Waals surface area contributed by atoms with E-state index in [1.165, 1.54) is 4.31 Å². The van der Waals surface area contributed by atoms with Gasteiger partial charge in [-0.15, -0.1) is 24.0 Å². The molecule has 0 atom stereocenters. The van der Waals surface area contributed by atoms with Gasteiger partial charge in [-0.3, -0.25) is 0 Å². The van der Waals surface area contributed by atoms with Gasteiger partial charge < -0.3 is 20.1 Å². The molecule has 1 aromatic rings. The van der Waals surface area contributed by atoms with Crippen molar-refractivity contribution in [2.75, 3.05) is 52.8 Å². The van der Waals surface area contributed by atoms with Gasteiger partial charge in [0.05, 0.1) is 19.4 Å². The summed E-state index contributed by atoms with van der Waals surface area (Å²) < 4.78 is 35.6. The Hall–Kier alpha value is -1.11. The summed E-state index contributed by atoms with van der Waals surface area (Å²) in [6.45, 7) is 7.43. The highest BCUT2D eigenvalue weighted by Crippen LogP contribution is 2.11. The minimum Gasteiger partial charge on any atom is -0.497 e. The van der Waals surface area contributed by atoms with Gasteiger partial charge in [0, 0.05) is 39.9 Å². The van der Waals surface area contributed by atoms with Crippen molar-refractivity contribution in [1.29, 1.82) is 0 Å². The van der Waals surface area contributed by atoms with E-state index in [-0.39, 0.29) is 29.7 Å². The Morgan fingerprint density at radius 3 is 2.30 bits per heavy atom. The van der Waals surface area contributed by atoms with Crippen molar-refractivity contribution in [3.05, 3.63) is 29.8 Å². The summed E-state index contributed by atoms with van der Waals surface area (Å²) in [4.78, 5) is 4.63. The van der Waals surface area contributed by atoms with Crippen LogP contribution >= 0.6 is 24.0 Å². The van der Waals surface area contributed by atoms with Crippen LogP contribution in [0.1, 0.15) is 32.3 Å². The maximum absolute atomic E-state index is 11.8. The predicted octanol–water partition coefficient (Wildman–Crippen LogP) is 2.45. The highest BCUT2D eigenvalue weighted by Gasteiger charge is 2.13. The number of halogens is 1. The molecule has 10 heteroatoms. The SMILES string of the molecule is CCOCCCNC(=NCc1ccc(OC)cc1)NCCCN(C)S(=O)(=O)CC.I. The van der Waals surface area contributed by atoms with Gasteiger partial charge in [0.25, 0.3) is 0 Å². The van der Waals surface area contributed by atoms with E-state index in [1.807, 2.05) is 31.2 Å². The molecule has 0 radical (unpaired) electrons. The van der Waals surface area contributed by atoms with Crippen molar-refractivity contribution < 1.29 is 17.9 Å². The zero-order valence-corrected chi connectivity index (χ0v) is 21.7. The lowest BCUT2D eigenvalue weighted by Gasteiger charge is -2.17. The Balaban J connectivity index is 0.00000841. The molecule has 8 nitrogen and oxygen atoms in total. The number of nitrogens with one attached hydrogen (secondary N) is 2. The smallest absolute Gasteiger partial charge is 0.213 e. The van der Waals surface area contributed by atoms with Crippen LogP contribution < -0.4 is 15.4 Å². The molecule has 0 bridgehead atoms. The van der Waals surface area contributed by atoms with E-state index in [9.17, 15) is 8.42 Å². The van der Waals surface area contributed by atoms with Crippen molar-refractivity contribution in [2.24, 2.45) is 4.99 Å². The van der Waals surface area contributed by atoms with Crippen LogP contribution in [0.25, 0.3) is 0 Å². The fourth-order valence-electron chi connectivity index (χ4n) is 2.47. The highest BCUT2D eigenvalue weighted by atomic mass is 127. The number of methoxy groups -OCH3 is 1. The summed E-state index contributed by atoms with van der Waals surface area (Å²) in [5, 5.41) is 6.58. The summed E-state index contributed by atoms with van der Waals surface area (Å²) in [6, 6.07) is 7.80. The lowest BCUT2D eigenvalue weighted by atomic mass is 10.2. The van der Waals surface area contributed by atoms with Crippen LogP contribution in [-0.4, -0.2) is 71.4 Å². The fourth-order valence-corrected chi connectivity index (χ4v) is 3.32. The topological polar surface area (TPSA) is 92.3 Å². The van der Waals surface area contributed by atoms with Gasteiger partial charge in [0.15, 0.2) is 5.96 Å². The molecule has 0 aromatic heterocycles. The number of benzene rings is 1. The maximum Gasteiger partial charge on any atom is 0.213 e. The molecule has 0 heterocycles. The second-order valence-electron chi connectivity index (χ2n) is 6.49. The normalized spacial score (nSPS) is 11.8. The number of hydrogen-bond donors (Lipinski definition) is 2. The van der Waals surface area contributed by atoms with Crippen molar-refractivity contribution in [2.45, 2.75) is 33.2 Å². The second-order valence-corrected chi connectivity index (χ2v) is 8.86. The zero-order valence-electron chi connectivity index (χ0n) is 18.5. The summed E-state index contributed by atoms with van der Waals surface area (Å²) in [5.74, 6) is 1.64. The van der Waals surface area contributed by atoms with E-state index < -0.39 is 10.0 Å². The molecule has 0 aliphatic rings. The predicted molar refractivity (Wildman–Crippen MR) is 133 cm³/mol. The van der Waals surface area contributed by atoms with Gasteiger partial charge in [-0.2, -0.15) is 0 Å². The number of nitrogens with zero attached hydrogens (tertiary/aromatic N) is 2. The minimum atomic E-state index is -3.14. The van der Waals surface area contributed by atoms with Gasteiger partial charge in [-0.05, 0) is 44.4 Å². The lowest BCUT2D eigenvalue weighted by Crippen LogP contribution is -2.40. The Labute approximate surface area is 198 Å². The van der Waals surface area contributed by atoms with Crippen molar-refractivity contribution in [1.82, 2.24) is 14.9 Å². The Bertz CT molecular complexity index is 699. The van der Waals surface area contributed by atoms with Crippen LogP contribution in [-0.2, 0) is 21.3 Å². The van der Waals surface area contributed by atoms with Gasteiger partial charge in [-0.1, -0.05) is 12.1 Å². The van der Waals surface area contributed by atoms with Gasteiger partial charge >= 0.3 is 0 Å². The maximum atomic E-state index is 11.8. The Morgan fingerprint density at radius 2 is 1.73 bits per heavy atom. The molecule has 0 unspecified atom stereocenters. The van der Waals surface area contributed by atoms with E-state index in [0.29, 0.717) is 45.2 Å². The number of ether oxygens (including phenoxy) is 2. The number of sulfonamides is 1. The van der Waals surface area contributed by atoms with E-state index >= 15 is 0 Å². The van der Waals surface area contributed by atoms with Crippen molar-refractivity contribution >= 4 is 40.0 Å². The molecule has 0 saturated heterocycles. The molecule has 0 saturated carbocycles. The molecule has 30 heavy (non-hydrogen) atoms. The van der Waals surface area contributed by atoms with Gasteiger partial charge in [-0.25, -0.2) is 17.7 Å². The molecule has 0 fully saturated rings. The number of hydrogen-bond acceptors (Lipinski definition) is 5. The first-order valence-corrected chi connectivity index (χ1v) is 11.7. The van der Waals surface area contributed by atoms with Crippen LogP contribution in [0.4, 0.5) is 0 Å². The van der Waals surface area contributed by atoms with Crippen LogP contribution in [0.5, 0.6) is 5.75 Å². The van der Waals surface area contributed by atoms with E-state index in [4.69, 9.17) is 9.47 Å². The lowest BCUT2D eigenvalue weighted by molar-refractivity contribution is 0.145. The van der Waals surface area contributed by atoms with Gasteiger partial charge in [0.1, 0.15) is 5.75 Å². The first-order chi connectivity index (χ1) is 13.9. The first kappa shape index (κ1) is 28.9. The zero-order chi connectivity index (χ0) is 21.5. The quantitative estimate of drug-likeness (QED) is 0.158. The van der Waals surface area contributed by atoms with Crippen LogP contribution in [0.15, 0.2) is 29.3 Å². The molecule has 0 amide bonds. The molecule has 2 N–H and O–H groups in total. The third kappa shape index (κ3) is 11.9. The number of guanidine groups is 1. The van der Waals surface area contributed by atoms with Crippen LogP contribution in [0.3, 0.4) is 0 Å². The Kier molecular flexibility index (Phi) is 16.0. The average Bonchev–Trinajstić information content (AvgIpc) is 2.74. The molecule has 1 rings (SSSR count). The minimum absolute atomic E-state index is 0. The van der Waals surface area contributed by atoms with Gasteiger partial charge in [0.2, 0.25) is 10.0 Å². The summed E-state index contributed by atoms with van der Waals surface area (Å²) in [6.07, 6.45) is 1.58. The average molecular weight is 557 g/mol. The van der Waals surface area contributed by atoms with Crippen molar-refractivity contribution in [3.63, 3.8) is 0 Å². The third-order valence-electron chi connectivity index (χ3n) is 4.32. The highest BCUT2D eigenvalue weighted by molar-refractivity contribution is 14.0. The molecule has 0 aliphatic heterocycles. The standard InChI is InChI=1S/C20H36N4O4S.HI/c1-5-28-16-8-14-22-20(21-13-7-15-24(3)29(25,26)6-2)23-17-18-9-11-19(27-4)12-10-18;/h9-12H,5-8,13-17H2,1-4H3,(H2,21,22,23);1H. The molecule has 0 aliphatic carbocycles. The molecular weight excluding hydrogens is 519 g/mol. The molecular formula is C20H37IN4O4S. The van der Waals surface area contributed by atoms with E-state index in [0.717, 1.165) is 24.3 Å². The summed E-state index contributed by atoms with van der Waals surface area (Å²) in [5.41, 5.74) is 1.08. The number of rotatable bonds is 14. The fraction of sp³-hybridized carbons (Fsp3) is 0.650. The first-order valence-electron chi connectivity index (χ1n) is 10.1.